The second kappa shape index (κ2) is 4.91. The Bertz CT molecular complexity index is 314. The molecule has 1 rings (SSSR count). The second-order valence-electron chi connectivity index (χ2n) is 2.90. The molecule has 0 saturated carbocycles. The lowest BCUT2D eigenvalue weighted by Gasteiger charge is -2.11. The SMILES string of the molecule is C#CCC(CN)c1cccc(Cl)c1. The molecule has 1 aromatic carbocycles. The van der Waals surface area contributed by atoms with Crippen molar-refractivity contribution in [3.8, 4) is 12.3 Å². The number of halogens is 1. The van der Waals surface area contributed by atoms with Gasteiger partial charge in [0.25, 0.3) is 0 Å². The van der Waals surface area contributed by atoms with Crippen molar-refractivity contribution in [3.63, 3.8) is 0 Å². The Morgan fingerprint density at radius 2 is 2.31 bits per heavy atom. The summed E-state index contributed by atoms with van der Waals surface area (Å²) in [7, 11) is 0. The number of hydrogen-bond acceptors (Lipinski definition) is 1. The average Bonchev–Trinajstić information content (AvgIpc) is 2.14. The molecule has 0 aliphatic rings. The third kappa shape index (κ3) is 2.77. The number of rotatable bonds is 3. The second-order valence-corrected chi connectivity index (χ2v) is 3.33. The van der Waals surface area contributed by atoms with Crippen molar-refractivity contribution in [3.05, 3.63) is 34.9 Å². The van der Waals surface area contributed by atoms with Gasteiger partial charge in [0.2, 0.25) is 0 Å². The van der Waals surface area contributed by atoms with Crippen LogP contribution in [-0.2, 0) is 0 Å². The van der Waals surface area contributed by atoms with Gasteiger partial charge in [-0.2, -0.15) is 0 Å². The van der Waals surface area contributed by atoms with Crippen LogP contribution in [0.5, 0.6) is 0 Å². The predicted octanol–water partition coefficient (Wildman–Crippen LogP) is 2.41. The first kappa shape index (κ1) is 10.1. The molecule has 2 N–H and O–H groups in total. The highest BCUT2D eigenvalue weighted by molar-refractivity contribution is 6.30. The highest BCUT2D eigenvalue weighted by atomic mass is 35.5. The molecule has 0 aliphatic heterocycles. The van der Waals surface area contributed by atoms with E-state index in [9.17, 15) is 0 Å². The normalized spacial score (nSPS) is 12.1. The molecule has 0 bridgehead atoms. The average molecular weight is 194 g/mol. The summed E-state index contributed by atoms with van der Waals surface area (Å²) in [6.07, 6.45) is 5.91. The van der Waals surface area contributed by atoms with E-state index in [0.29, 0.717) is 13.0 Å². The standard InChI is InChI=1S/C11H12ClN/c1-2-4-10(8-13)9-5-3-6-11(12)7-9/h1,3,5-7,10H,4,8,13H2. The van der Waals surface area contributed by atoms with Crippen LogP contribution in [0.2, 0.25) is 5.02 Å². The Labute approximate surface area is 83.9 Å². The van der Waals surface area contributed by atoms with Crippen molar-refractivity contribution in [2.75, 3.05) is 6.54 Å². The van der Waals surface area contributed by atoms with Gasteiger partial charge in [0.05, 0.1) is 0 Å². The topological polar surface area (TPSA) is 26.0 Å². The van der Waals surface area contributed by atoms with Crippen LogP contribution in [-0.4, -0.2) is 6.54 Å². The molecular weight excluding hydrogens is 182 g/mol. The number of benzene rings is 1. The lowest BCUT2D eigenvalue weighted by atomic mass is 9.96. The zero-order valence-electron chi connectivity index (χ0n) is 7.33. The van der Waals surface area contributed by atoms with Gasteiger partial charge in [-0.05, 0) is 17.7 Å². The Kier molecular flexibility index (Phi) is 3.82. The molecule has 0 amide bonds. The van der Waals surface area contributed by atoms with Gasteiger partial charge < -0.3 is 5.73 Å². The predicted molar refractivity (Wildman–Crippen MR) is 56.7 cm³/mol. The minimum atomic E-state index is 0.226. The third-order valence-corrected chi connectivity index (χ3v) is 2.20. The molecule has 0 saturated heterocycles. The van der Waals surface area contributed by atoms with Gasteiger partial charge >= 0.3 is 0 Å². The van der Waals surface area contributed by atoms with Gasteiger partial charge in [0, 0.05) is 23.9 Å². The van der Waals surface area contributed by atoms with E-state index in [1.807, 2.05) is 24.3 Å². The number of hydrogen-bond donors (Lipinski definition) is 1. The van der Waals surface area contributed by atoms with Crippen molar-refractivity contribution < 1.29 is 0 Å². The van der Waals surface area contributed by atoms with Gasteiger partial charge in [-0.25, -0.2) is 0 Å². The van der Waals surface area contributed by atoms with Crippen LogP contribution in [0.4, 0.5) is 0 Å². The van der Waals surface area contributed by atoms with Crippen molar-refractivity contribution in [2.45, 2.75) is 12.3 Å². The van der Waals surface area contributed by atoms with Crippen molar-refractivity contribution in [1.29, 1.82) is 0 Å². The molecule has 0 heterocycles. The summed E-state index contributed by atoms with van der Waals surface area (Å²) >= 11 is 5.85. The van der Waals surface area contributed by atoms with Gasteiger partial charge in [0.1, 0.15) is 0 Å². The minimum Gasteiger partial charge on any atom is -0.330 e. The lowest BCUT2D eigenvalue weighted by molar-refractivity contribution is 0.722. The Morgan fingerprint density at radius 1 is 1.54 bits per heavy atom. The van der Waals surface area contributed by atoms with E-state index in [2.05, 4.69) is 5.92 Å². The van der Waals surface area contributed by atoms with Crippen LogP contribution >= 0.6 is 11.6 Å². The van der Waals surface area contributed by atoms with Gasteiger partial charge in [-0.3, -0.25) is 0 Å². The number of nitrogens with two attached hydrogens (primary N) is 1. The summed E-state index contributed by atoms with van der Waals surface area (Å²) in [6, 6.07) is 7.67. The molecule has 1 atom stereocenters. The Balaban J connectivity index is 2.86. The van der Waals surface area contributed by atoms with E-state index in [-0.39, 0.29) is 5.92 Å². The monoisotopic (exact) mass is 193 g/mol. The third-order valence-electron chi connectivity index (χ3n) is 1.97. The van der Waals surface area contributed by atoms with Crippen LogP contribution < -0.4 is 5.73 Å². The lowest BCUT2D eigenvalue weighted by Crippen LogP contribution is -2.11. The van der Waals surface area contributed by atoms with E-state index in [4.69, 9.17) is 23.8 Å². The maximum absolute atomic E-state index is 5.85. The van der Waals surface area contributed by atoms with Crippen LogP contribution in [0.25, 0.3) is 0 Å². The zero-order valence-corrected chi connectivity index (χ0v) is 8.09. The van der Waals surface area contributed by atoms with Crippen LogP contribution in [0.1, 0.15) is 17.9 Å². The van der Waals surface area contributed by atoms with Crippen LogP contribution in [0.3, 0.4) is 0 Å². The highest BCUT2D eigenvalue weighted by Gasteiger charge is 2.07. The maximum atomic E-state index is 5.85. The van der Waals surface area contributed by atoms with E-state index in [1.54, 1.807) is 0 Å². The molecule has 0 fully saturated rings. The first-order valence-electron chi connectivity index (χ1n) is 4.17. The fraction of sp³-hybridized carbons (Fsp3) is 0.273. The first-order valence-corrected chi connectivity index (χ1v) is 4.54. The molecule has 1 unspecified atom stereocenters. The van der Waals surface area contributed by atoms with E-state index < -0.39 is 0 Å². The minimum absolute atomic E-state index is 0.226. The van der Waals surface area contributed by atoms with Crippen molar-refractivity contribution in [1.82, 2.24) is 0 Å². The molecule has 0 spiro atoms. The largest absolute Gasteiger partial charge is 0.330 e. The summed E-state index contributed by atoms with van der Waals surface area (Å²) < 4.78 is 0. The molecule has 0 radical (unpaired) electrons. The summed E-state index contributed by atoms with van der Waals surface area (Å²) in [5.74, 6) is 2.84. The number of terminal acetylenes is 1. The van der Waals surface area contributed by atoms with E-state index in [1.165, 1.54) is 0 Å². The summed E-state index contributed by atoms with van der Waals surface area (Å²) in [4.78, 5) is 0. The molecule has 1 aromatic rings. The summed E-state index contributed by atoms with van der Waals surface area (Å²) in [5.41, 5.74) is 6.72. The maximum Gasteiger partial charge on any atom is 0.0408 e. The molecular formula is C11H12ClN. The highest BCUT2D eigenvalue weighted by Crippen LogP contribution is 2.21. The van der Waals surface area contributed by atoms with Crippen LogP contribution in [0.15, 0.2) is 24.3 Å². The fourth-order valence-electron chi connectivity index (χ4n) is 1.24. The van der Waals surface area contributed by atoms with Crippen molar-refractivity contribution >= 4 is 11.6 Å². The molecule has 13 heavy (non-hydrogen) atoms. The fourth-order valence-corrected chi connectivity index (χ4v) is 1.44. The summed E-state index contributed by atoms with van der Waals surface area (Å²) in [6.45, 7) is 0.560. The van der Waals surface area contributed by atoms with E-state index >= 15 is 0 Å². The molecule has 68 valence electrons. The van der Waals surface area contributed by atoms with Gasteiger partial charge in [-0.15, -0.1) is 12.3 Å². The Hall–Kier alpha value is -0.970. The molecule has 2 heteroatoms. The summed E-state index contributed by atoms with van der Waals surface area (Å²) in [5, 5.41) is 0.730. The smallest absolute Gasteiger partial charge is 0.0408 e. The van der Waals surface area contributed by atoms with Gasteiger partial charge in [0.15, 0.2) is 0 Å². The molecule has 0 aromatic heterocycles. The molecule has 1 nitrogen and oxygen atoms in total. The van der Waals surface area contributed by atoms with Gasteiger partial charge in [-0.1, -0.05) is 23.7 Å². The van der Waals surface area contributed by atoms with Crippen molar-refractivity contribution in [2.24, 2.45) is 5.73 Å². The first-order chi connectivity index (χ1) is 6.27. The molecule has 0 aliphatic carbocycles. The van der Waals surface area contributed by atoms with E-state index in [0.717, 1.165) is 10.6 Å². The zero-order chi connectivity index (χ0) is 9.68. The van der Waals surface area contributed by atoms with Crippen LogP contribution in [0, 0.1) is 12.3 Å². The quantitative estimate of drug-likeness (QED) is 0.734. The Morgan fingerprint density at radius 3 is 2.85 bits per heavy atom.